The Morgan fingerprint density at radius 3 is 1.54 bits per heavy atom. The van der Waals surface area contributed by atoms with Crippen LogP contribution < -0.4 is 0 Å². The summed E-state index contributed by atoms with van der Waals surface area (Å²) < 4.78 is 0. The lowest BCUT2D eigenvalue weighted by atomic mass is 10.2. The van der Waals surface area contributed by atoms with Crippen LogP contribution in [0.1, 0.15) is 36.8 Å². The van der Waals surface area contributed by atoms with E-state index in [0.29, 0.717) is 13.1 Å². The van der Waals surface area contributed by atoms with E-state index in [2.05, 4.69) is 9.98 Å². The summed E-state index contributed by atoms with van der Waals surface area (Å²) in [6.07, 6.45) is 7.27. The average molecular weight is 382 g/mol. The van der Waals surface area contributed by atoms with E-state index in [1.54, 1.807) is 36.7 Å². The van der Waals surface area contributed by atoms with Crippen LogP contribution in [0.4, 0.5) is 11.4 Å². The molecular weight excluding hydrogens is 360 g/mol. The molecule has 0 spiro atoms. The first-order valence-corrected chi connectivity index (χ1v) is 9.05. The predicted octanol–water partition coefficient (Wildman–Crippen LogP) is 4.60. The van der Waals surface area contributed by atoms with Crippen molar-refractivity contribution < 1.29 is 9.85 Å². The number of benzene rings is 2. The molecule has 0 aliphatic heterocycles. The molecule has 0 heterocycles. The van der Waals surface area contributed by atoms with Crippen molar-refractivity contribution in [2.45, 2.75) is 25.7 Å². The topological polar surface area (TPSA) is 111 Å². The van der Waals surface area contributed by atoms with Gasteiger partial charge in [0.15, 0.2) is 0 Å². The molecule has 0 aromatic heterocycles. The molecule has 2 rings (SSSR count). The highest BCUT2D eigenvalue weighted by atomic mass is 16.6. The van der Waals surface area contributed by atoms with E-state index >= 15 is 0 Å². The molecule has 8 heteroatoms. The van der Waals surface area contributed by atoms with E-state index in [1.807, 2.05) is 0 Å². The molecule has 0 radical (unpaired) electrons. The lowest BCUT2D eigenvalue weighted by molar-refractivity contribution is -0.385. The monoisotopic (exact) mass is 382 g/mol. The number of nitro benzene ring substituents is 2. The second-order valence-corrected chi connectivity index (χ2v) is 6.19. The minimum Gasteiger partial charge on any atom is -0.293 e. The minimum absolute atomic E-state index is 0.0645. The fourth-order valence-electron chi connectivity index (χ4n) is 2.54. The number of nitrogens with zero attached hydrogens (tertiary/aromatic N) is 4. The molecule has 0 saturated carbocycles. The van der Waals surface area contributed by atoms with Crippen molar-refractivity contribution in [1.82, 2.24) is 0 Å². The van der Waals surface area contributed by atoms with Gasteiger partial charge in [0.25, 0.3) is 11.4 Å². The molecule has 0 atom stereocenters. The molecule has 0 amide bonds. The quantitative estimate of drug-likeness (QED) is 0.245. The van der Waals surface area contributed by atoms with Crippen LogP contribution in [-0.4, -0.2) is 35.4 Å². The number of aliphatic imine (C=N–C) groups is 2. The van der Waals surface area contributed by atoms with Crippen LogP contribution in [-0.2, 0) is 0 Å². The maximum atomic E-state index is 10.7. The molecule has 0 fully saturated rings. The van der Waals surface area contributed by atoms with Crippen molar-refractivity contribution in [2.75, 3.05) is 13.1 Å². The van der Waals surface area contributed by atoms with Gasteiger partial charge >= 0.3 is 0 Å². The van der Waals surface area contributed by atoms with Crippen molar-refractivity contribution in [3.8, 4) is 0 Å². The highest BCUT2D eigenvalue weighted by Gasteiger charge is 2.04. The summed E-state index contributed by atoms with van der Waals surface area (Å²) in [5.41, 5.74) is 1.58. The van der Waals surface area contributed by atoms with E-state index in [1.165, 1.54) is 24.3 Å². The summed E-state index contributed by atoms with van der Waals surface area (Å²) in [5.74, 6) is 0. The van der Waals surface area contributed by atoms with Gasteiger partial charge < -0.3 is 0 Å². The van der Waals surface area contributed by atoms with Crippen LogP contribution in [0, 0.1) is 20.2 Å². The fraction of sp³-hybridized carbons (Fsp3) is 0.300. The smallest absolute Gasteiger partial charge is 0.270 e. The SMILES string of the molecule is O=[N+]([O-])c1cccc(/C=N/CCCCCC/N=C/c2cccc([N+](=O)[O-])c2)c1. The Morgan fingerprint density at radius 1 is 0.714 bits per heavy atom. The summed E-state index contributed by atoms with van der Waals surface area (Å²) in [4.78, 5) is 29.2. The zero-order valence-electron chi connectivity index (χ0n) is 15.4. The first-order chi connectivity index (χ1) is 13.6. The van der Waals surface area contributed by atoms with Crippen LogP contribution in [0.25, 0.3) is 0 Å². The van der Waals surface area contributed by atoms with E-state index < -0.39 is 9.85 Å². The Bertz CT molecular complexity index is 793. The first-order valence-electron chi connectivity index (χ1n) is 9.05. The first kappa shape index (κ1) is 20.9. The van der Waals surface area contributed by atoms with Crippen molar-refractivity contribution in [2.24, 2.45) is 9.98 Å². The molecule has 8 nitrogen and oxygen atoms in total. The molecule has 0 unspecified atom stereocenters. The van der Waals surface area contributed by atoms with Crippen LogP contribution in [0.3, 0.4) is 0 Å². The summed E-state index contributed by atoms with van der Waals surface area (Å²) in [6.45, 7) is 1.36. The molecule has 146 valence electrons. The Balaban J connectivity index is 1.59. The number of hydrogen-bond acceptors (Lipinski definition) is 6. The normalized spacial score (nSPS) is 11.3. The second-order valence-electron chi connectivity index (χ2n) is 6.19. The van der Waals surface area contributed by atoms with Gasteiger partial charge in [-0.05, 0) is 24.0 Å². The van der Waals surface area contributed by atoms with Gasteiger partial charge in [-0.25, -0.2) is 0 Å². The van der Waals surface area contributed by atoms with Gasteiger partial charge in [-0.2, -0.15) is 0 Å². The van der Waals surface area contributed by atoms with Crippen molar-refractivity contribution in [1.29, 1.82) is 0 Å². The van der Waals surface area contributed by atoms with Gasteiger partial charge in [-0.15, -0.1) is 0 Å². The van der Waals surface area contributed by atoms with Crippen LogP contribution >= 0.6 is 0 Å². The summed E-state index contributed by atoms with van der Waals surface area (Å²) in [5, 5.41) is 21.4. The highest BCUT2D eigenvalue weighted by molar-refractivity contribution is 5.81. The average Bonchev–Trinajstić information content (AvgIpc) is 2.69. The van der Waals surface area contributed by atoms with Crippen molar-refractivity contribution >= 4 is 23.8 Å². The molecule has 2 aromatic carbocycles. The molecule has 2 aromatic rings. The van der Waals surface area contributed by atoms with Crippen molar-refractivity contribution in [3.63, 3.8) is 0 Å². The maximum absolute atomic E-state index is 10.7. The van der Waals surface area contributed by atoms with Crippen LogP contribution in [0.15, 0.2) is 58.5 Å². The largest absolute Gasteiger partial charge is 0.293 e. The third-order valence-electron chi connectivity index (χ3n) is 3.97. The predicted molar refractivity (Wildman–Crippen MR) is 110 cm³/mol. The van der Waals surface area contributed by atoms with Gasteiger partial charge in [0.2, 0.25) is 0 Å². The molecule has 28 heavy (non-hydrogen) atoms. The molecule has 0 saturated heterocycles. The van der Waals surface area contributed by atoms with Crippen LogP contribution in [0.2, 0.25) is 0 Å². The number of nitro groups is 2. The van der Waals surface area contributed by atoms with Crippen molar-refractivity contribution in [3.05, 3.63) is 79.9 Å². The zero-order valence-corrected chi connectivity index (χ0v) is 15.4. The number of hydrogen-bond donors (Lipinski definition) is 0. The molecule has 0 N–H and O–H groups in total. The number of unbranched alkanes of at least 4 members (excludes halogenated alkanes) is 3. The number of non-ortho nitro benzene ring substituents is 2. The third kappa shape index (κ3) is 7.45. The van der Waals surface area contributed by atoms with E-state index in [4.69, 9.17) is 0 Å². The van der Waals surface area contributed by atoms with Gasteiger partial charge in [-0.1, -0.05) is 37.1 Å². The standard InChI is InChI=1S/C20H22N4O4/c25-23(26)19-9-5-7-17(13-19)15-21-11-3-1-2-4-12-22-16-18-8-6-10-20(14-18)24(27)28/h5-10,13-16H,1-4,11-12H2/b21-15+,22-16+. The Kier molecular flexibility index (Phi) is 8.45. The molecule has 0 aliphatic rings. The highest BCUT2D eigenvalue weighted by Crippen LogP contribution is 2.12. The van der Waals surface area contributed by atoms with E-state index in [0.717, 1.165) is 36.8 Å². The third-order valence-corrected chi connectivity index (χ3v) is 3.97. The zero-order chi connectivity index (χ0) is 20.2. The molecule has 0 bridgehead atoms. The fourth-order valence-corrected chi connectivity index (χ4v) is 2.54. The van der Waals surface area contributed by atoms with E-state index in [-0.39, 0.29) is 11.4 Å². The van der Waals surface area contributed by atoms with Gasteiger partial charge in [0.05, 0.1) is 9.85 Å². The Morgan fingerprint density at radius 2 is 1.14 bits per heavy atom. The lowest BCUT2D eigenvalue weighted by Gasteiger charge is -1.98. The minimum atomic E-state index is -0.418. The number of rotatable bonds is 11. The molecular formula is C20H22N4O4. The lowest BCUT2D eigenvalue weighted by Crippen LogP contribution is -1.91. The van der Waals surface area contributed by atoms with Gasteiger partial charge in [0.1, 0.15) is 0 Å². The Hall–Kier alpha value is -3.42. The summed E-state index contributed by atoms with van der Waals surface area (Å²) in [6, 6.07) is 12.8. The molecule has 0 aliphatic carbocycles. The van der Waals surface area contributed by atoms with Gasteiger partial charge in [-0.3, -0.25) is 30.2 Å². The summed E-state index contributed by atoms with van der Waals surface area (Å²) >= 11 is 0. The van der Waals surface area contributed by atoms with E-state index in [9.17, 15) is 20.2 Å². The van der Waals surface area contributed by atoms with Crippen LogP contribution in [0.5, 0.6) is 0 Å². The maximum Gasteiger partial charge on any atom is 0.270 e. The van der Waals surface area contributed by atoms with Gasteiger partial charge in [0, 0.05) is 49.8 Å². The second kappa shape index (κ2) is 11.3. The Labute approximate surface area is 163 Å². The summed E-state index contributed by atoms with van der Waals surface area (Å²) in [7, 11) is 0.